The van der Waals surface area contributed by atoms with Crippen LogP contribution in [0.1, 0.15) is 65.6 Å². The fourth-order valence-electron chi connectivity index (χ4n) is 6.38. The molecule has 2 N–H and O–H groups in total. The van der Waals surface area contributed by atoms with Crippen molar-refractivity contribution in [3.63, 3.8) is 0 Å². The molecule has 35 heavy (non-hydrogen) atoms. The molecule has 3 aliphatic rings. The molecule has 184 valence electrons. The summed E-state index contributed by atoms with van der Waals surface area (Å²) in [7, 11) is 0. The number of rotatable bonds is 7. The molecule has 2 aliphatic heterocycles. The number of aromatic nitrogens is 1. The van der Waals surface area contributed by atoms with E-state index in [4.69, 9.17) is 4.74 Å². The SMILES string of the molecule is O=C1NCc2ccc3c(c21)CC(N(CCCc1c[nH]c2ccc(F)cc12)CC1CCCCC1)CO3. The Morgan fingerprint density at radius 1 is 1.11 bits per heavy atom. The monoisotopic (exact) mass is 475 g/mol. The fraction of sp³-hybridized carbons (Fsp3) is 0.483. The summed E-state index contributed by atoms with van der Waals surface area (Å²) in [5, 5.41) is 3.96. The van der Waals surface area contributed by atoms with Crippen molar-refractivity contribution in [2.24, 2.45) is 5.92 Å². The molecular weight excluding hydrogens is 441 g/mol. The van der Waals surface area contributed by atoms with Crippen LogP contribution in [-0.4, -0.2) is 41.5 Å². The zero-order valence-corrected chi connectivity index (χ0v) is 20.2. The van der Waals surface area contributed by atoms with Crippen molar-refractivity contribution in [1.82, 2.24) is 15.2 Å². The lowest BCUT2D eigenvalue weighted by atomic mass is 9.87. The average Bonchev–Trinajstić information content (AvgIpc) is 3.47. The Labute approximate surface area is 206 Å². The number of carbonyl (C=O) groups excluding carboxylic acids is 1. The predicted molar refractivity (Wildman–Crippen MR) is 135 cm³/mol. The Hall–Kier alpha value is -2.86. The van der Waals surface area contributed by atoms with Crippen LogP contribution in [0.15, 0.2) is 36.5 Å². The van der Waals surface area contributed by atoms with E-state index < -0.39 is 0 Å². The highest BCUT2D eigenvalue weighted by atomic mass is 19.1. The van der Waals surface area contributed by atoms with Gasteiger partial charge in [-0.3, -0.25) is 9.69 Å². The molecule has 5 nitrogen and oxygen atoms in total. The standard InChI is InChI=1S/C29H34FN3O2/c30-22-9-10-26-24(13-22)20(15-31-26)7-4-12-33(17-19-5-2-1-3-6-19)23-14-25-27(35-18-23)11-8-21-16-32-29(34)28(21)25/h8-11,13,15,19,23,31H,1-7,12,14,16-18H2,(H,32,34). The normalized spacial score (nSPS) is 20.1. The van der Waals surface area contributed by atoms with E-state index in [2.05, 4.69) is 15.2 Å². The van der Waals surface area contributed by atoms with Crippen molar-refractivity contribution in [2.45, 2.75) is 64.0 Å². The molecule has 1 saturated carbocycles. The number of aromatic amines is 1. The topological polar surface area (TPSA) is 57.4 Å². The van der Waals surface area contributed by atoms with Gasteiger partial charge in [0.1, 0.15) is 18.2 Å². The molecule has 1 amide bonds. The lowest BCUT2D eigenvalue weighted by Gasteiger charge is -2.38. The second-order valence-corrected chi connectivity index (χ2v) is 10.5. The first kappa shape index (κ1) is 22.6. The minimum absolute atomic E-state index is 0.0338. The minimum atomic E-state index is -0.188. The van der Waals surface area contributed by atoms with Crippen LogP contribution in [0.25, 0.3) is 10.9 Å². The maximum Gasteiger partial charge on any atom is 0.252 e. The second-order valence-electron chi connectivity index (χ2n) is 10.5. The minimum Gasteiger partial charge on any atom is -0.492 e. The van der Waals surface area contributed by atoms with Crippen molar-refractivity contribution in [3.05, 3.63) is 64.6 Å². The lowest BCUT2D eigenvalue weighted by molar-refractivity contribution is 0.0910. The fourth-order valence-corrected chi connectivity index (χ4v) is 6.38. The van der Waals surface area contributed by atoms with Crippen molar-refractivity contribution < 1.29 is 13.9 Å². The van der Waals surface area contributed by atoms with E-state index in [1.54, 1.807) is 6.07 Å². The van der Waals surface area contributed by atoms with Crippen LogP contribution in [0.2, 0.25) is 0 Å². The summed E-state index contributed by atoms with van der Waals surface area (Å²) in [5.74, 6) is 1.45. The third-order valence-corrected chi connectivity index (χ3v) is 8.25. The molecule has 1 aliphatic carbocycles. The van der Waals surface area contributed by atoms with Crippen LogP contribution in [-0.2, 0) is 19.4 Å². The molecule has 0 bridgehead atoms. The van der Waals surface area contributed by atoms with Gasteiger partial charge in [-0.15, -0.1) is 0 Å². The summed E-state index contributed by atoms with van der Waals surface area (Å²) >= 11 is 0. The third-order valence-electron chi connectivity index (χ3n) is 8.25. The molecule has 0 radical (unpaired) electrons. The van der Waals surface area contributed by atoms with Gasteiger partial charge in [-0.1, -0.05) is 25.3 Å². The molecule has 1 atom stereocenters. The molecule has 1 unspecified atom stereocenters. The second kappa shape index (κ2) is 9.65. The quantitative estimate of drug-likeness (QED) is 0.483. The van der Waals surface area contributed by atoms with Gasteiger partial charge in [-0.25, -0.2) is 4.39 Å². The molecule has 2 aromatic carbocycles. The number of nitrogens with one attached hydrogen (secondary N) is 2. The Kier molecular flexibility index (Phi) is 6.23. The number of benzene rings is 2. The largest absolute Gasteiger partial charge is 0.492 e. The molecule has 0 spiro atoms. The Balaban J connectivity index is 1.19. The molecule has 6 heteroatoms. The van der Waals surface area contributed by atoms with Gasteiger partial charge in [0.2, 0.25) is 0 Å². The summed E-state index contributed by atoms with van der Waals surface area (Å²) in [5.41, 5.74) is 5.17. The summed E-state index contributed by atoms with van der Waals surface area (Å²) in [6.45, 7) is 3.34. The zero-order valence-electron chi connectivity index (χ0n) is 20.2. The number of ether oxygens (including phenoxy) is 1. The van der Waals surface area contributed by atoms with E-state index >= 15 is 0 Å². The van der Waals surface area contributed by atoms with Gasteiger partial charge in [-0.05, 0) is 80.0 Å². The Morgan fingerprint density at radius 3 is 2.89 bits per heavy atom. The molecule has 3 heterocycles. The number of amides is 1. The van der Waals surface area contributed by atoms with Crippen molar-refractivity contribution >= 4 is 16.8 Å². The van der Waals surface area contributed by atoms with Gasteiger partial charge in [0.25, 0.3) is 5.91 Å². The number of aryl methyl sites for hydroxylation is 1. The predicted octanol–water partition coefficient (Wildman–Crippen LogP) is 5.37. The molecule has 1 fully saturated rings. The van der Waals surface area contributed by atoms with E-state index in [1.807, 2.05) is 24.4 Å². The molecular formula is C29H34FN3O2. The van der Waals surface area contributed by atoms with Crippen molar-refractivity contribution in [2.75, 3.05) is 19.7 Å². The number of hydrogen-bond donors (Lipinski definition) is 2. The van der Waals surface area contributed by atoms with Crippen LogP contribution in [0.3, 0.4) is 0 Å². The first-order valence-corrected chi connectivity index (χ1v) is 13.2. The van der Waals surface area contributed by atoms with Gasteiger partial charge in [0.05, 0.1) is 5.56 Å². The highest BCUT2D eigenvalue weighted by Crippen LogP contribution is 2.35. The Bertz CT molecular complexity index is 1230. The van der Waals surface area contributed by atoms with E-state index in [9.17, 15) is 9.18 Å². The smallest absolute Gasteiger partial charge is 0.252 e. The number of fused-ring (bicyclic) bond motifs is 4. The van der Waals surface area contributed by atoms with Crippen LogP contribution in [0.5, 0.6) is 5.75 Å². The van der Waals surface area contributed by atoms with Gasteiger partial charge in [-0.2, -0.15) is 0 Å². The number of halogens is 1. The van der Waals surface area contributed by atoms with Crippen LogP contribution in [0, 0.1) is 11.7 Å². The van der Waals surface area contributed by atoms with Crippen LogP contribution < -0.4 is 10.1 Å². The number of H-pyrrole nitrogens is 1. The molecule has 0 saturated heterocycles. The number of hydrogen-bond acceptors (Lipinski definition) is 3. The number of nitrogens with zero attached hydrogens (tertiary/aromatic N) is 1. The van der Waals surface area contributed by atoms with Gasteiger partial charge >= 0.3 is 0 Å². The highest BCUT2D eigenvalue weighted by molar-refractivity contribution is 6.00. The van der Waals surface area contributed by atoms with E-state index in [1.165, 1.54) is 43.7 Å². The third kappa shape index (κ3) is 4.56. The van der Waals surface area contributed by atoms with Crippen LogP contribution in [0.4, 0.5) is 4.39 Å². The van der Waals surface area contributed by atoms with E-state index in [-0.39, 0.29) is 17.8 Å². The maximum atomic E-state index is 13.8. The summed E-state index contributed by atoms with van der Waals surface area (Å²) in [6, 6.07) is 9.28. The molecule has 6 rings (SSSR count). The summed E-state index contributed by atoms with van der Waals surface area (Å²) < 4.78 is 20.1. The first-order chi connectivity index (χ1) is 17.2. The summed E-state index contributed by atoms with van der Waals surface area (Å²) in [6.07, 6.45) is 11.4. The molecule has 3 aromatic rings. The van der Waals surface area contributed by atoms with Crippen molar-refractivity contribution in [3.8, 4) is 5.75 Å². The molecule has 1 aromatic heterocycles. The summed E-state index contributed by atoms with van der Waals surface area (Å²) in [4.78, 5) is 18.5. The van der Waals surface area contributed by atoms with Gasteiger partial charge in [0, 0.05) is 41.8 Å². The van der Waals surface area contributed by atoms with E-state index in [0.717, 1.165) is 71.6 Å². The lowest BCUT2D eigenvalue weighted by Crippen LogP contribution is -2.46. The van der Waals surface area contributed by atoms with E-state index in [0.29, 0.717) is 13.2 Å². The van der Waals surface area contributed by atoms with Gasteiger partial charge < -0.3 is 15.0 Å². The average molecular weight is 476 g/mol. The highest BCUT2D eigenvalue weighted by Gasteiger charge is 2.33. The van der Waals surface area contributed by atoms with Gasteiger partial charge in [0.15, 0.2) is 0 Å². The zero-order chi connectivity index (χ0) is 23.8. The van der Waals surface area contributed by atoms with Crippen LogP contribution >= 0.6 is 0 Å². The first-order valence-electron chi connectivity index (χ1n) is 13.2. The Morgan fingerprint density at radius 2 is 2.00 bits per heavy atom. The van der Waals surface area contributed by atoms with Crippen molar-refractivity contribution in [1.29, 1.82) is 0 Å². The maximum absolute atomic E-state index is 13.8. The number of carbonyl (C=O) groups is 1.